The number of nitrogens with two attached hydrogens (primary N) is 2. The Bertz CT molecular complexity index is 694. The van der Waals surface area contributed by atoms with Crippen LogP contribution in [0.2, 0.25) is 0 Å². The number of carbonyl (C=O) groups is 2. The van der Waals surface area contributed by atoms with Crippen molar-refractivity contribution in [3.8, 4) is 5.69 Å². The van der Waals surface area contributed by atoms with Gasteiger partial charge in [-0.25, -0.2) is 4.68 Å². The van der Waals surface area contributed by atoms with Crippen molar-refractivity contribution < 1.29 is 14.3 Å². The number of primary amides is 1. The van der Waals surface area contributed by atoms with Crippen molar-refractivity contribution in [1.82, 2.24) is 9.78 Å². The molecule has 0 saturated heterocycles. The van der Waals surface area contributed by atoms with Gasteiger partial charge in [-0.1, -0.05) is 12.1 Å². The number of benzene rings is 1. The Labute approximate surface area is 133 Å². The molecule has 1 heterocycles. The zero-order valence-electron chi connectivity index (χ0n) is 12.7. The summed E-state index contributed by atoms with van der Waals surface area (Å²) in [6.45, 7) is 0.257. The molecule has 23 heavy (non-hydrogen) atoms. The molecule has 0 fully saturated rings. The minimum atomic E-state index is -0.615. The average molecular weight is 317 g/mol. The number of hydrogen-bond donors (Lipinski definition) is 3. The van der Waals surface area contributed by atoms with E-state index < -0.39 is 5.91 Å². The number of aromatic nitrogens is 2. The number of amides is 2. The van der Waals surface area contributed by atoms with E-state index in [1.165, 1.54) is 17.9 Å². The van der Waals surface area contributed by atoms with Gasteiger partial charge < -0.3 is 21.5 Å². The molecule has 0 aliphatic heterocycles. The molecule has 8 nitrogen and oxygen atoms in total. The van der Waals surface area contributed by atoms with E-state index in [4.69, 9.17) is 16.2 Å². The Kier molecular flexibility index (Phi) is 5.45. The molecule has 5 N–H and O–H groups in total. The van der Waals surface area contributed by atoms with Crippen molar-refractivity contribution in [3.05, 3.63) is 42.2 Å². The highest BCUT2D eigenvalue weighted by Crippen LogP contribution is 2.20. The fraction of sp³-hybridized carbons (Fsp3) is 0.267. The van der Waals surface area contributed by atoms with E-state index >= 15 is 0 Å². The smallest absolute Gasteiger partial charge is 0.269 e. The predicted molar refractivity (Wildman–Crippen MR) is 85.2 cm³/mol. The Morgan fingerprint density at radius 2 is 2.09 bits per heavy atom. The molecule has 2 rings (SSSR count). The van der Waals surface area contributed by atoms with Crippen LogP contribution >= 0.6 is 0 Å². The van der Waals surface area contributed by atoms with Gasteiger partial charge in [0.05, 0.1) is 23.9 Å². The zero-order valence-corrected chi connectivity index (χ0v) is 12.7. The van der Waals surface area contributed by atoms with Crippen molar-refractivity contribution in [2.75, 3.05) is 19.0 Å². The minimum absolute atomic E-state index is 0.146. The Morgan fingerprint density at radius 3 is 2.70 bits per heavy atom. The summed E-state index contributed by atoms with van der Waals surface area (Å²) < 4.78 is 6.58. The largest absolute Gasteiger partial charge is 0.380 e. The second-order valence-corrected chi connectivity index (χ2v) is 4.87. The number of carbonyl (C=O) groups excluding carboxylic acids is 2. The van der Waals surface area contributed by atoms with E-state index in [0.717, 1.165) is 0 Å². The third-order valence-electron chi connectivity index (χ3n) is 3.28. The first-order valence-corrected chi connectivity index (χ1v) is 7.02. The third-order valence-corrected chi connectivity index (χ3v) is 3.28. The Hall–Kier alpha value is -2.71. The van der Waals surface area contributed by atoms with Crippen LogP contribution in [0.3, 0.4) is 0 Å². The first kappa shape index (κ1) is 16.7. The molecule has 1 unspecified atom stereocenters. The lowest BCUT2D eigenvalue weighted by Crippen LogP contribution is -2.28. The highest BCUT2D eigenvalue weighted by atomic mass is 16.5. The van der Waals surface area contributed by atoms with Gasteiger partial charge in [-0.05, 0) is 18.2 Å². The summed E-state index contributed by atoms with van der Waals surface area (Å²) in [5.74, 6) is -0.840. The van der Waals surface area contributed by atoms with E-state index in [9.17, 15) is 9.59 Å². The highest BCUT2D eigenvalue weighted by molar-refractivity contribution is 5.93. The highest BCUT2D eigenvalue weighted by Gasteiger charge is 2.14. The molecular formula is C15H19N5O3. The van der Waals surface area contributed by atoms with Gasteiger partial charge in [-0.15, -0.1) is 0 Å². The fourth-order valence-corrected chi connectivity index (χ4v) is 2.04. The zero-order chi connectivity index (χ0) is 16.8. The molecular weight excluding hydrogens is 298 g/mol. The maximum Gasteiger partial charge on any atom is 0.269 e. The summed E-state index contributed by atoms with van der Waals surface area (Å²) in [6, 6.07) is 8.60. The number of nitrogens with zero attached hydrogens (tertiary/aromatic N) is 2. The summed E-state index contributed by atoms with van der Waals surface area (Å²) in [6.07, 6.45) is 1.41. The SMILES string of the molecule is COC(CN)CC(=O)Nc1ccccc1-n1ccc(C(N)=O)n1. The molecule has 0 bridgehead atoms. The number of anilines is 1. The van der Waals surface area contributed by atoms with Gasteiger partial charge in [0.1, 0.15) is 5.69 Å². The van der Waals surface area contributed by atoms with E-state index in [0.29, 0.717) is 11.4 Å². The number of rotatable bonds is 7. The first-order chi connectivity index (χ1) is 11.0. The lowest BCUT2D eigenvalue weighted by molar-refractivity contribution is -0.118. The number of para-hydroxylation sites is 2. The van der Waals surface area contributed by atoms with Gasteiger partial charge in [0, 0.05) is 19.9 Å². The summed E-state index contributed by atoms with van der Waals surface area (Å²) >= 11 is 0. The molecule has 0 saturated carbocycles. The van der Waals surface area contributed by atoms with Crippen LogP contribution in [0.25, 0.3) is 5.69 Å². The van der Waals surface area contributed by atoms with Gasteiger partial charge in [0.2, 0.25) is 5.91 Å². The molecule has 8 heteroatoms. The topological polar surface area (TPSA) is 125 Å². The monoisotopic (exact) mass is 317 g/mol. The normalized spacial score (nSPS) is 11.9. The van der Waals surface area contributed by atoms with E-state index in [-0.39, 0.29) is 30.7 Å². The number of methoxy groups -OCH3 is 1. The van der Waals surface area contributed by atoms with Crippen LogP contribution in [0.4, 0.5) is 5.69 Å². The lowest BCUT2D eigenvalue weighted by Gasteiger charge is -2.14. The van der Waals surface area contributed by atoms with Gasteiger partial charge in [0.15, 0.2) is 0 Å². The van der Waals surface area contributed by atoms with Crippen molar-refractivity contribution in [2.24, 2.45) is 11.5 Å². The van der Waals surface area contributed by atoms with Crippen LogP contribution in [0.1, 0.15) is 16.9 Å². The first-order valence-electron chi connectivity index (χ1n) is 7.02. The summed E-state index contributed by atoms with van der Waals surface area (Å²) in [4.78, 5) is 23.2. The molecule has 0 aliphatic rings. The molecule has 1 aromatic carbocycles. The number of nitrogens with one attached hydrogen (secondary N) is 1. The quantitative estimate of drug-likeness (QED) is 0.676. The van der Waals surface area contributed by atoms with E-state index in [2.05, 4.69) is 10.4 Å². The van der Waals surface area contributed by atoms with E-state index in [1.54, 1.807) is 30.5 Å². The molecule has 0 radical (unpaired) electrons. The molecule has 2 amide bonds. The van der Waals surface area contributed by atoms with Gasteiger partial charge in [0.25, 0.3) is 5.91 Å². The maximum absolute atomic E-state index is 12.1. The van der Waals surface area contributed by atoms with Crippen LogP contribution in [0.5, 0.6) is 0 Å². The van der Waals surface area contributed by atoms with E-state index in [1.807, 2.05) is 0 Å². The average Bonchev–Trinajstić information content (AvgIpc) is 3.03. The second-order valence-electron chi connectivity index (χ2n) is 4.87. The Balaban J connectivity index is 2.20. The van der Waals surface area contributed by atoms with Crippen molar-refractivity contribution in [3.63, 3.8) is 0 Å². The molecule has 1 aromatic heterocycles. The van der Waals surface area contributed by atoms with Crippen LogP contribution in [0.15, 0.2) is 36.5 Å². The molecule has 0 aliphatic carbocycles. The van der Waals surface area contributed by atoms with Crippen molar-refractivity contribution >= 4 is 17.5 Å². The third kappa shape index (κ3) is 4.15. The molecule has 122 valence electrons. The lowest BCUT2D eigenvalue weighted by atomic mass is 10.2. The fourth-order valence-electron chi connectivity index (χ4n) is 2.04. The second kappa shape index (κ2) is 7.52. The van der Waals surface area contributed by atoms with Gasteiger partial charge in [-0.2, -0.15) is 5.10 Å². The van der Waals surface area contributed by atoms with Gasteiger partial charge >= 0.3 is 0 Å². The van der Waals surface area contributed by atoms with Crippen molar-refractivity contribution in [1.29, 1.82) is 0 Å². The van der Waals surface area contributed by atoms with Crippen LogP contribution in [-0.4, -0.2) is 41.4 Å². The van der Waals surface area contributed by atoms with Crippen molar-refractivity contribution in [2.45, 2.75) is 12.5 Å². The maximum atomic E-state index is 12.1. The summed E-state index contributed by atoms with van der Waals surface area (Å²) in [7, 11) is 1.51. The van der Waals surface area contributed by atoms with Crippen LogP contribution in [-0.2, 0) is 9.53 Å². The molecule has 2 aromatic rings. The summed E-state index contributed by atoms with van der Waals surface area (Å²) in [5.41, 5.74) is 12.0. The summed E-state index contributed by atoms with van der Waals surface area (Å²) in [5, 5.41) is 6.88. The molecule has 0 spiro atoms. The van der Waals surface area contributed by atoms with Crippen LogP contribution in [0, 0.1) is 0 Å². The van der Waals surface area contributed by atoms with Gasteiger partial charge in [-0.3, -0.25) is 9.59 Å². The minimum Gasteiger partial charge on any atom is -0.380 e. The number of ether oxygens (including phenoxy) is 1. The predicted octanol–water partition coefficient (Wildman–Crippen LogP) is 0.273. The number of hydrogen-bond acceptors (Lipinski definition) is 5. The molecule has 1 atom stereocenters. The standard InChI is InChI=1S/C15H19N5O3/c1-23-10(9-16)8-14(21)18-11-4-2-3-5-13(11)20-7-6-12(19-20)15(17)22/h2-7,10H,8-9,16H2,1H3,(H2,17,22)(H,18,21). The Morgan fingerprint density at radius 1 is 1.35 bits per heavy atom. The van der Waals surface area contributed by atoms with Crippen LogP contribution < -0.4 is 16.8 Å².